The first-order valence-corrected chi connectivity index (χ1v) is 8.52. The molecule has 0 saturated carbocycles. The smallest absolute Gasteiger partial charge is 0.253 e. The first kappa shape index (κ1) is 17.3. The van der Waals surface area contributed by atoms with Gasteiger partial charge in [0.2, 0.25) is 0 Å². The molecule has 1 fully saturated rings. The second kappa shape index (κ2) is 8.03. The molecule has 2 aromatic rings. The average Bonchev–Trinajstić information content (AvgIpc) is 2.67. The summed E-state index contributed by atoms with van der Waals surface area (Å²) in [5.74, 6) is 0.0500. The van der Waals surface area contributed by atoms with Crippen LogP contribution in [-0.2, 0) is 4.84 Å². The van der Waals surface area contributed by atoms with Crippen LogP contribution in [0.25, 0.3) is 0 Å². The zero-order valence-corrected chi connectivity index (χ0v) is 14.8. The summed E-state index contributed by atoms with van der Waals surface area (Å²) < 4.78 is 0. The van der Waals surface area contributed by atoms with Crippen molar-refractivity contribution in [1.82, 2.24) is 4.90 Å². The van der Waals surface area contributed by atoms with Crippen LogP contribution in [0, 0.1) is 0 Å². The molecule has 1 aliphatic rings. The summed E-state index contributed by atoms with van der Waals surface area (Å²) in [6.45, 7) is 2.90. The molecule has 1 saturated heterocycles. The fourth-order valence-electron chi connectivity index (χ4n) is 2.87. The molecule has 3 rings (SSSR count). The maximum Gasteiger partial charge on any atom is 0.253 e. The van der Waals surface area contributed by atoms with E-state index in [9.17, 15) is 4.79 Å². The molecule has 0 aromatic heterocycles. The van der Waals surface area contributed by atoms with Crippen molar-refractivity contribution in [2.45, 2.75) is 0 Å². The number of piperazine rings is 1. The molecule has 25 heavy (non-hydrogen) atoms. The van der Waals surface area contributed by atoms with Crippen LogP contribution in [0.1, 0.15) is 15.9 Å². The van der Waals surface area contributed by atoms with Crippen LogP contribution in [0.4, 0.5) is 5.69 Å². The molecule has 0 bridgehead atoms. The Balaban J connectivity index is 1.61. The zero-order valence-electron chi connectivity index (χ0n) is 14.1. The number of carbonyl (C=O) groups excluding carboxylic acids is 1. The minimum atomic E-state index is 0.0500. The standard InChI is InChI=1S/C19H20ClN3O2/c1-25-21-14-15-6-8-16(9-7-15)19(24)23-12-10-22(11-13-23)18-5-3-2-4-17(18)20/h2-9,14H,10-13H2,1H3. The van der Waals surface area contributed by atoms with Crippen LogP contribution in [0.2, 0.25) is 5.02 Å². The SMILES string of the molecule is CON=Cc1ccc(C(=O)N2CCN(c3ccccc3Cl)CC2)cc1. The van der Waals surface area contributed by atoms with Crippen LogP contribution in [-0.4, -0.2) is 50.3 Å². The number of oxime groups is 1. The maximum atomic E-state index is 12.7. The maximum absolute atomic E-state index is 12.7. The second-order valence-corrected chi connectivity index (χ2v) is 6.18. The van der Waals surface area contributed by atoms with Crippen molar-refractivity contribution >= 4 is 29.4 Å². The molecule has 0 aliphatic carbocycles. The molecule has 0 spiro atoms. The van der Waals surface area contributed by atoms with Crippen molar-refractivity contribution in [3.63, 3.8) is 0 Å². The van der Waals surface area contributed by atoms with Gasteiger partial charge >= 0.3 is 0 Å². The van der Waals surface area contributed by atoms with E-state index in [0.717, 1.165) is 29.4 Å². The van der Waals surface area contributed by atoms with Crippen LogP contribution in [0.5, 0.6) is 0 Å². The molecular weight excluding hydrogens is 338 g/mol. The summed E-state index contributed by atoms with van der Waals surface area (Å²) in [7, 11) is 1.50. The Hall–Kier alpha value is -2.53. The van der Waals surface area contributed by atoms with Gasteiger partial charge in [0.05, 0.1) is 16.9 Å². The summed E-state index contributed by atoms with van der Waals surface area (Å²) >= 11 is 6.26. The number of carbonyl (C=O) groups is 1. The summed E-state index contributed by atoms with van der Waals surface area (Å²) in [6, 6.07) is 15.2. The number of anilines is 1. The molecule has 6 heteroatoms. The van der Waals surface area contributed by atoms with E-state index >= 15 is 0 Å². The third kappa shape index (κ3) is 4.12. The van der Waals surface area contributed by atoms with E-state index in [2.05, 4.69) is 14.9 Å². The second-order valence-electron chi connectivity index (χ2n) is 5.77. The molecule has 1 heterocycles. The molecule has 5 nitrogen and oxygen atoms in total. The fraction of sp³-hybridized carbons (Fsp3) is 0.263. The molecule has 2 aromatic carbocycles. The average molecular weight is 358 g/mol. The van der Waals surface area contributed by atoms with Crippen molar-refractivity contribution in [3.8, 4) is 0 Å². The Morgan fingerprint density at radius 2 is 1.76 bits per heavy atom. The summed E-state index contributed by atoms with van der Waals surface area (Å²) in [5, 5.41) is 4.46. The lowest BCUT2D eigenvalue weighted by atomic mass is 10.1. The lowest BCUT2D eigenvalue weighted by Gasteiger charge is -2.36. The molecule has 0 radical (unpaired) electrons. The van der Waals surface area contributed by atoms with Crippen molar-refractivity contribution < 1.29 is 9.63 Å². The van der Waals surface area contributed by atoms with Gasteiger partial charge in [0.25, 0.3) is 5.91 Å². The van der Waals surface area contributed by atoms with Crippen LogP contribution in [0.15, 0.2) is 53.7 Å². The van der Waals surface area contributed by atoms with Crippen LogP contribution in [0.3, 0.4) is 0 Å². The van der Waals surface area contributed by atoms with Crippen molar-refractivity contribution in [1.29, 1.82) is 0 Å². The lowest BCUT2D eigenvalue weighted by molar-refractivity contribution is 0.0747. The van der Waals surface area contributed by atoms with Gasteiger partial charge in [0.15, 0.2) is 0 Å². The first-order chi connectivity index (χ1) is 12.2. The quantitative estimate of drug-likeness (QED) is 0.623. The summed E-state index contributed by atoms with van der Waals surface area (Å²) in [4.78, 5) is 21.4. The molecule has 0 atom stereocenters. The van der Waals surface area contributed by atoms with Gasteiger partial charge in [-0.05, 0) is 29.8 Å². The molecular formula is C19H20ClN3O2. The molecule has 0 N–H and O–H groups in total. The highest BCUT2D eigenvalue weighted by molar-refractivity contribution is 6.33. The van der Waals surface area contributed by atoms with Gasteiger partial charge < -0.3 is 14.6 Å². The van der Waals surface area contributed by atoms with Crippen molar-refractivity contribution in [2.75, 3.05) is 38.2 Å². The third-order valence-corrected chi connectivity index (χ3v) is 4.54. The number of rotatable bonds is 4. The number of para-hydroxylation sites is 1. The number of amides is 1. The van der Waals surface area contributed by atoms with Gasteiger partial charge in [-0.15, -0.1) is 0 Å². The Morgan fingerprint density at radius 1 is 1.08 bits per heavy atom. The highest BCUT2D eigenvalue weighted by atomic mass is 35.5. The summed E-state index contributed by atoms with van der Waals surface area (Å²) in [6.07, 6.45) is 1.61. The lowest BCUT2D eigenvalue weighted by Crippen LogP contribution is -2.48. The third-order valence-electron chi connectivity index (χ3n) is 4.22. The van der Waals surface area contributed by atoms with E-state index in [1.807, 2.05) is 53.4 Å². The number of benzene rings is 2. The minimum Gasteiger partial charge on any atom is -0.399 e. The fourth-order valence-corrected chi connectivity index (χ4v) is 3.12. The van der Waals surface area contributed by atoms with E-state index in [4.69, 9.17) is 11.6 Å². The van der Waals surface area contributed by atoms with E-state index < -0.39 is 0 Å². The Labute approximate surface area is 152 Å². The molecule has 1 aliphatic heterocycles. The van der Waals surface area contributed by atoms with Gasteiger partial charge in [-0.2, -0.15) is 0 Å². The zero-order chi connectivity index (χ0) is 17.6. The van der Waals surface area contributed by atoms with Gasteiger partial charge in [0.1, 0.15) is 7.11 Å². The van der Waals surface area contributed by atoms with Crippen molar-refractivity contribution in [3.05, 3.63) is 64.7 Å². The van der Waals surface area contributed by atoms with E-state index in [-0.39, 0.29) is 5.91 Å². The topological polar surface area (TPSA) is 45.1 Å². The van der Waals surface area contributed by atoms with Gasteiger partial charge in [-0.1, -0.05) is 41.0 Å². The number of nitrogens with zero attached hydrogens (tertiary/aromatic N) is 3. The van der Waals surface area contributed by atoms with Gasteiger partial charge in [-0.25, -0.2) is 0 Å². The van der Waals surface area contributed by atoms with Crippen molar-refractivity contribution in [2.24, 2.45) is 5.16 Å². The van der Waals surface area contributed by atoms with E-state index in [1.54, 1.807) is 6.21 Å². The van der Waals surface area contributed by atoms with Crippen LogP contribution >= 0.6 is 11.6 Å². The molecule has 0 unspecified atom stereocenters. The van der Waals surface area contributed by atoms with E-state index in [1.165, 1.54) is 7.11 Å². The predicted molar refractivity (Wildman–Crippen MR) is 101 cm³/mol. The first-order valence-electron chi connectivity index (χ1n) is 8.14. The normalized spacial score (nSPS) is 14.8. The predicted octanol–water partition coefficient (Wildman–Crippen LogP) is 3.28. The Bertz CT molecular complexity index is 754. The van der Waals surface area contributed by atoms with Gasteiger partial charge in [0, 0.05) is 31.7 Å². The molecule has 1 amide bonds. The highest BCUT2D eigenvalue weighted by Gasteiger charge is 2.23. The molecule has 130 valence electrons. The number of halogens is 1. The van der Waals surface area contributed by atoms with Gasteiger partial charge in [-0.3, -0.25) is 4.79 Å². The number of hydrogen-bond donors (Lipinski definition) is 0. The van der Waals surface area contributed by atoms with Crippen LogP contribution < -0.4 is 4.90 Å². The van der Waals surface area contributed by atoms with E-state index in [0.29, 0.717) is 18.7 Å². The largest absolute Gasteiger partial charge is 0.399 e. The Kier molecular flexibility index (Phi) is 5.56. The Morgan fingerprint density at radius 3 is 2.40 bits per heavy atom. The number of hydrogen-bond acceptors (Lipinski definition) is 4. The highest BCUT2D eigenvalue weighted by Crippen LogP contribution is 2.26. The summed E-state index contributed by atoms with van der Waals surface area (Å²) in [5.41, 5.74) is 2.60. The monoisotopic (exact) mass is 357 g/mol. The minimum absolute atomic E-state index is 0.0500.